The van der Waals surface area contributed by atoms with E-state index in [-0.39, 0.29) is 11.8 Å². The minimum absolute atomic E-state index is 0.132. The number of likely N-dealkylation sites (tertiary alicyclic amines) is 2. The number of pyridine rings is 1. The van der Waals surface area contributed by atoms with E-state index < -0.39 is 0 Å². The van der Waals surface area contributed by atoms with Crippen molar-refractivity contribution in [2.45, 2.75) is 70.4 Å². The summed E-state index contributed by atoms with van der Waals surface area (Å²) in [5.74, 6) is 1.28. The molecule has 1 amide bonds. The molecule has 3 aliphatic rings. The van der Waals surface area contributed by atoms with E-state index in [1.54, 1.807) is 6.20 Å². The standard InChI is InChI=1S/C24H38N4O/c29-24(26-17-22-10-4-5-13-25-22)21-9-6-14-28(19-21)23-11-15-27(16-12-23)18-20-7-2-1-3-8-20/h4-5,10,13,20-21,23H,1-3,6-9,11-12,14-19H2,(H,26,29)/t21-/m0/s1. The van der Waals surface area contributed by atoms with E-state index in [0.717, 1.165) is 37.5 Å². The molecule has 160 valence electrons. The van der Waals surface area contributed by atoms with Crippen LogP contribution in [-0.4, -0.2) is 59.5 Å². The number of piperidine rings is 2. The summed E-state index contributed by atoms with van der Waals surface area (Å²) < 4.78 is 0. The first kappa shape index (κ1) is 20.8. The van der Waals surface area contributed by atoms with E-state index in [9.17, 15) is 4.79 Å². The summed E-state index contributed by atoms with van der Waals surface area (Å²) in [6.45, 7) is 6.45. The molecule has 3 fully saturated rings. The first-order valence-electron chi connectivity index (χ1n) is 11.9. The molecule has 0 bridgehead atoms. The molecule has 2 aliphatic heterocycles. The number of hydrogen-bond donors (Lipinski definition) is 1. The van der Waals surface area contributed by atoms with Crippen LogP contribution in [0.15, 0.2) is 24.4 Å². The molecule has 1 aliphatic carbocycles. The zero-order chi connectivity index (χ0) is 19.9. The van der Waals surface area contributed by atoms with Gasteiger partial charge in [0.15, 0.2) is 0 Å². The fourth-order valence-electron chi connectivity index (χ4n) is 5.58. The van der Waals surface area contributed by atoms with Crippen LogP contribution < -0.4 is 5.32 Å². The van der Waals surface area contributed by atoms with Crippen molar-refractivity contribution in [3.8, 4) is 0 Å². The molecule has 1 aromatic rings. The molecule has 4 rings (SSSR count). The van der Waals surface area contributed by atoms with Gasteiger partial charge in [-0.1, -0.05) is 25.3 Å². The van der Waals surface area contributed by atoms with Crippen LogP contribution >= 0.6 is 0 Å². The van der Waals surface area contributed by atoms with Crippen molar-refractivity contribution >= 4 is 5.91 Å². The molecule has 5 heteroatoms. The van der Waals surface area contributed by atoms with Crippen LogP contribution in [0.2, 0.25) is 0 Å². The fourth-order valence-corrected chi connectivity index (χ4v) is 5.58. The van der Waals surface area contributed by atoms with Gasteiger partial charge < -0.3 is 10.2 Å². The monoisotopic (exact) mass is 398 g/mol. The number of nitrogens with one attached hydrogen (secondary N) is 1. The number of amides is 1. The van der Waals surface area contributed by atoms with Crippen molar-refractivity contribution in [2.24, 2.45) is 11.8 Å². The fraction of sp³-hybridized carbons (Fsp3) is 0.750. The minimum atomic E-state index is 0.132. The zero-order valence-electron chi connectivity index (χ0n) is 17.9. The lowest BCUT2D eigenvalue weighted by Crippen LogP contribution is -2.51. The van der Waals surface area contributed by atoms with Crippen molar-refractivity contribution in [2.75, 3.05) is 32.7 Å². The number of nitrogens with zero attached hydrogens (tertiary/aromatic N) is 3. The highest BCUT2D eigenvalue weighted by Crippen LogP contribution is 2.27. The van der Waals surface area contributed by atoms with Crippen LogP contribution in [0.3, 0.4) is 0 Å². The SMILES string of the molecule is O=C(NCc1ccccn1)[C@H]1CCCN(C2CCN(CC3CCCCC3)CC2)C1. The summed E-state index contributed by atoms with van der Waals surface area (Å²) in [5.41, 5.74) is 0.929. The van der Waals surface area contributed by atoms with Crippen molar-refractivity contribution in [3.05, 3.63) is 30.1 Å². The zero-order valence-corrected chi connectivity index (χ0v) is 17.9. The molecule has 1 aromatic heterocycles. The van der Waals surface area contributed by atoms with Crippen molar-refractivity contribution in [1.82, 2.24) is 20.1 Å². The molecule has 1 atom stereocenters. The van der Waals surface area contributed by atoms with E-state index in [1.807, 2.05) is 18.2 Å². The van der Waals surface area contributed by atoms with Gasteiger partial charge in [-0.15, -0.1) is 0 Å². The topological polar surface area (TPSA) is 48.5 Å². The Bertz CT molecular complexity index is 623. The third kappa shape index (κ3) is 6.02. The van der Waals surface area contributed by atoms with E-state index in [4.69, 9.17) is 0 Å². The molecule has 5 nitrogen and oxygen atoms in total. The van der Waals surface area contributed by atoms with Gasteiger partial charge in [0.05, 0.1) is 18.2 Å². The highest BCUT2D eigenvalue weighted by molar-refractivity contribution is 5.78. The molecule has 0 spiro atoms. The predicted octanol–water partition coefficient (Wildman–Crippen LogP) is 3.45. The molecule has 2 saturated heterocycles. The van der Waals surface area contributed by atoms with Gasteiger partial charge in [0.25, 0.3) is 0 Å². The maximum Gasteiger partial charge on any atom is 0.224 e. The van der Waals surface area contributed by atoms with Gasteiger partial charge in [-0.05, 0) is 76.2 Å². The molecule has 0 aromatic carbocycles. The van der Waals surface area contributed by atoms with Crippen LogP contribution in [0, 0.1) is 11.8 Å². The molecule has 1 N–H and O–H groups in total. The average Bonchev–Trinajstić information content (AvgIpc) is 2.79. The second-order valence-electron chi connectivity index (χ2n) is 9.41. The van der Waals surface area contributed by atoms with Crippen molar-refractivity contribution in [1.29, 1.82) is 0 Å². The smallest absolute Gasteiger partial charge is 0.224 e. The molecule has 1 saturated carbocycles. The maximum absolute atomic E-state index is 12.7. The Labute approximate surface area is 176 Å². The van der Waals surface area contributed by atoms with Crippen LogP contribution in [0.25, 0.3) is 0 Å². The van der Waals surface area contributed by atoms with Gasteiger partial charge in [-0.25, -0.2) is 0 Å². The van der Waals surface area contributed by atoms with E-state index in [2.05, 4.69) is 20.1 Å². The van der Waals surface area contributed by atoms with Crippen molar-refractivity contribution in [3.63, 3.8) is 0 Å². The van der Waals surface area contributed by atoms with Crippen LogP contribution in [0.5, 0.6) is 0 Å². The van der Waals surface area contributed by atoms with Gasteiger partial charge >= 0.3 is 0 Å². The van der Waals surface area contributed by atoms with Crippen LogP contribution in [0.1, 0.15) is 63.5 Å². The minimum Gasteiger partial charge on any atom is -0.350 e. The molecule has 0 unspecified atom stereocenters. The largest absolute Gasteiger partial charge is 0.350 e. The lowest BCUT2D eigenvalue weighted by atomic mass is 9.88. The average molecular weight is 399 g/mol. The maximum atomic E-state index is 12.7. The van der Waals surface area contributed by atoms with Gasteiger partial charge in [0.2, 0.25) is 5.91 Å². The number of carbonyl (C=O) groups is 1. The number of carbonyl (C=O) groups excluding carboxylic acids is 1. The summed E-state index contributed by atoms with van der Waals surface area (Å²) in [4.78, 5) is 22.3. The number of hydrogen-bond acceptors (Lipinski definition) is 4. The normalized spacial score (nSPS) is 25.7. The summed E-state index contributed by atoms with van der Waals surface area (Å²) >= 11 is 0. The predicted molar refractivity (Wildman–Crippen MR) is 116 cm³/mol. The Balaban J connectivity index is 1.20. The first-order valence-corrected chi connectivity index (χ1v) is 11.9. The van der Waals surface area contributed by atoms with E-state index >= 15 is 0 Å². The molecular weight excluding hydrogens is 360 g/mol. The Hall–Kier alpha value is -1.46. The van der Waals surface area contributed by atoms with Gasteiger partial charge in [0.1, 0.15) is 0 Å². The molecule has 3 heterocycles. The third-order valence-corrected chi connectivity index (χ3v) is 7.31. The number of aromatic nitrogens is 1. The van der Waals surface area contributed by atoms with E-state index in [0.29, 0.717) is 12.6 Å². The second-order valence-corrected chi connectivity index (χ2v) is 9.41. The first-order chi connectivity index (χ1) is 14.3. The third-order valence-electron chi connectivity index (χ3n) is 7.31. The van der Waals surface area contributed by atoms with Crippen molar-refractivity contribution < 1.29 is 4.79 Å². The second kappa shape index (κ2) is 10.5. The Morgan fingerprint density at radius 3 is 2.59 bits per heavy atom. The number of rotatable bonds is 6. The summed E-state index contributed by atoms with van der Waals surface area (Å²) in [7, 11) is 0. The highest BCUT2D eigenvalue weighted by Gasteiger charge is 2.32. The van der Waals surface area contributed by atoms with Gasteiger partial charge in [-0.3, -0.25) is 14.7 Å². The Morgan fingerprint density at radius 1 is 1.00 bits per heavy atom. The molecule has 0 radical (unpaired) electrons. The molecule has 29 heavy (non-hydrogen) atoms. The van der Waals surface area contributed by atoms with E-state index in [1.165, 1.54) is 64.6 Å². The quantitative estimate of drug-likeness (QED) is 0.797. The van der Waals surface area contributed by atoms with Gasteiger partial charge in [0, 0.05) is 25.3 Å². The lowest BCUT2D eigenvalue weighted by Gasteiger charge is -2.42. The molecular formula is C24H38N4O. The van der Waals surface area contributed by atoms with Crippen LogP contribution in [0.4, 0.5) is 0 Å². The Kier molecular flexibility index (Phi) is 7.55. The van der Waals surface area contributed by atoms with Crippen LogP contribution in [-0.2, 0) is 11.3 Å². The summed E-state index contributed by atoms with van der Waals surface area (Å²) in [6, 6.07) is 6.51. The van der Waals surface area contributed by atoms with Gasteiger partial charge in [-0.2, -0.15) is 0 Å². The summed E-state index contributed by atoms with van der Waals surface area (Å²) in [6.07, 6.45) is 13.7. The highest BCUT2D eigenvalue weighted by atomic mass is 16.1. The Morgan fingerprint density at radius 2 is 1.83 bits per heavy atom. The summed E-state index contributed by atoms with van der Waals surface area (Å²) in [5, 5.41) is 3.11. The lowest BCUT2D eigenvalue weighted by molar-refractivity contribution is -0.127.